The molecule has 0 aliphatic heterocycles. The Bertz CT molecular complexity index is 1000. The number of rotatable bonds is 6. The minimum atomic E-state index is -0.754. The first-order valence-electron chi connectivity index (χ1n) is 9.94. The molecule has 0 saturated heterocycles. The van der Waals surface area contributed by atoms with Gasteiger partial charge < -0.3 is 9.47 Å². The SMILES string of the molecule is CC(C#N)(c1cccc(OCOC2CCCC2)c1)c1ccc2ccccc2c1. The summed E-state index contributed by atoms with van der Waals surface area (Å²) in [5.41, 5.74) is 1.15. The lowest BCUT2D eigenvalue weighted by atomic mass is 9.77. The van der Waals surface area contributed by atoms with Crippen LogP contribution in [-0.2, 0) is 10.2 Å². The summed E-state index contributed by atoms with van der Waals surface area (Å²) >= 11 is 0. The zero-order chi connectivity index (χ0) is 19.4. The van der Waals surface area contributed by atoms with E-state index >= 15 is 0 Å². The Labute approximate surface area is 166 Å². The molecule has 0 N–H and O–H groups in total. The Kier molecular flexibility index (Phi) is 5.32. The largest absolute Gasteiger partial charge is 0.468 e. The monoisotopic (exact) mass is 371 g/mol. The molecule has 1 atom stereocenters. The number of benzene rings is 3. The number of hydrogen-bond acceptors (Lipinski definition) is 3. The quantitative estimate of drug-likeness (QED) is 0.502. The second kappa shape index (κ2) is 8.04. The molecule has 1 fully saturated rings. The van der Waals surface area contributed by atoms with Gasteiger partial charge in [-0.15, -0.1) is 0 Å². The van der Waals surface area contributed by atoms with E-state index in [9.17, 15) is 5.26 Å². The van der Waals surface area contributed by atoms with Gasteiger partial charge in [0.15, 0.2) is 6.79 Å². The van der Waals surface area contributed by atoms with Crippen LogP contribution in [0, 0.1) is 11.3 Å². The first-order valence-corrected chi connectivity index (χ1v) is 9.94. The Hall–Kier alpha value is -2.83. The lowest BCUT2D eigenvalue weighted by molar-refractivity contribution is -0.0325. The highest BCUT2D eigenvalue weighted by Gasteiger charge is 2.29. The molecule has 1 aliphatic carbocycles. The lowest BCUT2D eigenvalue weighted by Gasteiger charge is -2.24. The van der Waals surface area contributed by atoms with Crippen molar-refractivity contribution in [2.24, 2.45) is 0 Å². The van der Waals surface area contributed by atoms with Gasteiger partial charge in [0, 0.05) is 0 Å². The van der Waals surface area contributed by atoms with Crippen LogP contribution >= 0.6 is 0 Å². The zero-order valence-electron chi connectivity index (χ0n) is 16.2. The van der Waals surface area contributed by atoms with E-state index in [1.807, 2.05) is 49.4 Å². The van der Waals surface area contributed by atoms with Crippen molar-refractivity contribution in [2.45, 2.75) is 44.1 Å². The maximum Gasteiger partial charge on any atom is 0.189 e. The van der Waals surface area contributed by atoms with Crippen LogP contribution in [0.4, 0.5) is 0 Å². The lowest BCUT2D eigenvalue weighted by Crippen LogP contribution is -2.21. The van der Waals surface area contributed by atoms with Crippen LogP contribution in [0.25, 0.3) is 10.8 Å². The molecule has 0 heterocycles. The van der Waals surface area contributed by atoms with Gasteiger partial charge in [0.2, 0.25) is 0 Å². The molecular weight excluding hydrogens is 346 g/mol. The van der Waals surface area contributed by atoms with Crippen molar-refractivity contribution in [3.63, 3.8) is 0 Å². The molecule has 1 unspecified atom stereocenters. The van der Waals surface area contributed by atoms with Gasteiger partial charge in [0.25, 0.3) is 0 Å². The maximum absolute atomic E-state index is 10.1. The molecule has 3 heteroatoms. The highest BCUT2D eigenvalue weighted by molar-refractivity contribution is 5.83. The van der Waals surface area contributed by atoms with E-state index in [0.717, 1.165) is 35.1 Å². The first kappa shape index (κ1) is 18.5. The van der Waals surface area contributed by atoms with Gasteiger partial charge in [-0.25, -0.2) is 0 Å². The van der Waals surface area contributed by atoms with Crippen molar-refractivity contribution < 1.29 is 9.47 Å². The van der Waals surface area contributed by atoms with Gasteiger partial charge in [-0.05, 0) is 59.9 Å². The smallest absolute Gasteiger partial charge is 0.189 e. The summed E-state index contributed by atoms with van der Waals surface area (Å²) < 4.78 is 11.6. The van der Waals surface area contributed by atoms with Gasteiger partial charge in [-0.3, -0.25) is 0 Å². The van der Waals surface area contributed by atoms with Crippen LogP contribution in [-0.4, -0.2) is 12.9 Å². The molecule has 0 amide bonds. The Morgan fingerprint density at radius 1 is 0.929 bits per heavy atom. The molecule has 142 valence electrons. The molecule has 3 aromatic rings. The molecule has 4 rings (SSSR count). The first-order chi connectivity index (χ1) is 13.7. The van der Waals surface area contributed by atoms with Gasteiger partial charge in [-0.1, -0.05) is 61.4 Å². The van der Waals surface area contributed by atoms with Crippen molar-refractivity contribution in [2.75, 3.05) is 6.79 Å². The van der Waals surface area contributed by atoms with E-state index in [-0.39, 0.29) is 6.79 Å². The summed E-state index contributed by atoms with van der Waals surface area (Å²) in [6.07, 6.45) is 5.05. The van der Waals surface area contributed by atoms with E-state index in [1.54, 1.807) is 0 Å². The van der Waals surface area contributed by atoms with Gasteiger partial charge in [-0.2, -0.15) is 5.26 Å². The van der Waals surface area contributed by atoms with Crippen molar-refractivity contribution in [1.82, 2.24) is 0 Å². The third kappa shape index (κ3) is 3.74. The van der Waals surface area contributed by atoms with Crippen LogP contribution < -0.4 is 4.74 Å². The predicted octanol–water partition coefficient (Wildman–Crippen LogP) is 5.96. The highest BCUT2D eigenvalue weighted by atomic mass is 16.7. The second-order valence-corrected chi connectivity index (χ2v) is 7.66. The number of fused-ring (bicyclic) bond motifs is 1. The fourth-order valence-electron chi connectivity index (χ4n) is 3.95. The van der Waals surface area contributed by atoms with E-state index in [4.69, 9.17) is 9.47 Å². The van der Waals surface area contributed by atoms with Crippen molar-refractivity contribution >= 4 is 10.8 Å². The summed E-state index contributed by atoms with van der Waals surface area (Å²) in [4.78, 5) is 0. The average Bonchev–Trinajstić information content (AvgIpc) is 3.26. The van der Waals surface area contributed by atoms with Crippen LogP contribution in [0.5, 0.6) is 5.75 Å². The number of ether oxygens (including phenoxy) is 2. The Morgan fingerprint density at radius 2 is 1.68 bits per heavy atom. The van der Waals surface area contributed by atoms with E-state index in [2.05, 4.69) is 30.3 Å². The summed E-state index contributed by atoms with van der Waals surface area (Å²) in [5, 5.41) is 12.4. The fourth-order valence-corrected chi connectivity index (χ4v) is 3.95. The third-order valence-corrected chi connectivity index (χ3v) is 5.79. The average molecular weight is 371 g/mol. The molecule has 0 radical (unpaired) electrons. The Balaban J connectivity index is 1.56. The topological polar surface area (TPSA) is 42.2 Å². The molecule has 1 aliphatic rings. The second-order valence-electron chi connectivity index (χ2n) is 7.66. The van der Waals surface area contributed by atoms with Crippen LogP contribution in [0.15, 0.2) is 66.7 Å². The van der Waals surface area contributed by atoms with Crippen LogP contribution in [0.3, 0.4) is 0 Å². The zero-order valence-corrected chi connectivity index (χ0v) is 16.2. The number of nitriles is 1. The van der Waals surface area contributed by atoms with E-state index < -0.39 is 5.41 Å². The highest BCUT2D eigenvalue weighted by Crippen LogP contribution is 2.35. The van der Waals surface area contributed by atoms with E-state index in [1.165, 1.54) is 18.2 Å². The Morgan fingerprint density at radius 3 is 2.46 bits per heavy atom. The number of hydrogen-bond donors (Lipinski definition) is 0. The standard InChI is InChI=1S/C25H25NO2/c1-25(17-26,22-14-13-19-7-2-3-8-20(19)15-22)21-9-6-12-24(16-21)28-18-27-23-10-4-5-11-23/h2-3,6-9,12-16,23H,4-5,10-11,18H2,1H3. The molecule has 28 heavy (non-hydrogen) atoms. The van der Waals surface area contributed by atoms with Crippen molar-refractivity contribution in [1.29, 1.82) is 5.26 Å². The third-order valence-electron chi connectivity index (χ3n) is 5.79. The minimum absolute atomic E-state index is 0.257. The summed E-state index contributed by atoms with van der Waals surface area (Å²) in [5.74, 6) is 0.734. The van der Waals surface area contributed by atoms with E-state index in [0.29, 0.717) is 6.10 Å². The minimum Gasteiger partial charge on any atom is -0.468 e. The van der Waals surface area contributed by atoms with Crippen molar-refractivity contribution in [3.05, 3.63) is 77.9 Å². The molecule has 3 aromatic carbocycles. The van der Waals surface area contributed by atoms with Crippen LogP contribution in [0.2, 0.25) is 0 Å². The molecular formula is C25H25NO2. The van der Waals surface area contributed by atoms with Gasteiger partial charge in [0.1, 0.15) is 11.2 Å². The van der Waals surface area contributed by atoms with Gasteiger partial charge >= 0.3 is 0 Å². The fraction of sp³-hybridized carbons (Fsp3) is 0.320. The summed E-state index contributed by atoms with van der Waals surface area (Å²) in [6, 6.07) is 24.8. The molecule has 0 aromatic heterocycles. The normalized spacial score (nSPS) is 16.6. The van der Waals surface area contributed by atoms with Crippen molar-refractivity contribution in [3.8, 4) is 11.8 Å². The summed E-state index contributed by atoms with van der Waals surface area (Å²) in [6.45, 7) is 2.22. The van der Waals surface area contributed by atoms with Gasteiger partial charge in [0.05, 0.1) is 12.2 Å². The molecule has 3 nitrogen and oxygen atoms in total. The molecule has 1 saturated carbocycles. The van der Waals surface area contributed by atoms with Crippen LogP contribution in [0.1, 0.15) is 43.7 Å². The molecule has 0 spiro atoms. The molecule has 0 bridgehead atoms. The maximum atomic E-state index is 10.1. The predicted molar refractivity (Wildman–Crippen MR) is 111 cm³/mol. The number of nitrogens with zero attached hydrogens (tertiary/aromatic N) is 1. The summed E-state index contributed by atoms with van der Waals surface area (Å²) in [7, 11) is 0.